The highest BCUT2D eigenvalue weighted by Gasteiger charge is 2.15. The lowest BCUT2D eigenvalue weighted by Crippen LogP contribution is -2.03. The summed E-state index contributed by atoms with van der Waals surface area (Å²) in [4.78, 5) is 12.0. The lowest BCUT2D eigenvalue weighted by molar-refractivity contribution is 0.0696. The van der Waals surface area contributed by atoms with Crippen LogP contribution in [0.15, 0.2) is 35.4 Å². The second kappa shape index (κ2) is 5.46. The number of aryl methyl sites for hydroxylation is 1. The van der Waals surface area contributed by atoms with Crippen LogP contribution in [-0.2, 0) is 12.8 Å². The molecule has 2 rings (SSSR count). The minimum atomic E-state index is -0.960. The maximum Gasteiger partial charge on any atom is 0.339 e. The quantitative estimate of drug-likeness (QED) is 0.876. The largest absolute Gasteiger partial charge is 0.478 e. The highest BCUT2D eigenvalue weighted by atomic mass is 35.5. The van der Waals surface area contributed by atoms with Gasteiger partial charge in [0.2, 0.25) is 0 Å². The van der Waals surface area contributed by atoms with E-state index in [0.29, 0.717) is 16.5 Å². The minimum absolute atomic E-state index is 0.233. The van der Waals surface area contributed by atoms with E-state index in [-0.39, 0.29) is 5.56 Å². The summed E-state index contributed by atoms with van der Waals surface area (Å²) < 4.78 is 1.58. The van der Waals surface area contributed by atoms with Crippen LogP contribution in [0.25, 0.3) is 0 Å². The molecule has 0 saturated carbocycles. The molecule has 0 spiro atoms. The summed E-state index contributed by atoms with van der Waals surface area (Å²) in [7, 11) is 1.73. The first-order chi connectivity index (χ1) is 8.59. The predicted octanol–water partition coefficient (Wildman–Crippen LogP) is 3.06. The van der Waals surface area contributed by atoms with E-state index in [0.717, 1.165) is 4.90 Å². The molecule has 2 aromatic rings. The van der Waals surface area contributed by atoms with E-state index in [4.69, 9.17) is 16.7 Å². The van der Waals surface area contributed by atoms with Gasteiger partial charge in [-0.3, -0.25) is 4.68 Å². The van der Waals surface area contributed by atoms with Gasteiger partial charge in [0.05, 0.1) is 16.9 Å². The lowest BCUT2D eigenvalue weighted by atomic mass is 10.3. The molecule has 0 radical (unpaired) electrons. The second-order valence-corrected chi connectivity index (χ2v) is 5.08. The number of halogens is 1. The van der Waals surface area contributed by atoms with Crippen LogP contribution in [0, 0.1) is 0 Å². The van der Waals surface area contributed by atoms with Crippen LogP contribution in [0.1, 0.15) is 16.1 Å². The summed E-state index contributed by atoms with van der Waals surface area (Å²) in [6.45, 7) is 0. The molecule has 0 atom stereocenters. The molecule has 1 aromatic heterocycles. The van der Waals surface area contributed by atoms with Crippen LogP contribution in [0.3, 0.4) is 0 Å². The van der Waals surface area contributed by atoms with Gasteiger partial charge in [0.15, 0.2) is 0 Å². The van der Waals surface area contributed by atoms with Crippen LogP contribution in [-0.4, -0.2) is 20.9 Å². The van der Waals surface area contributed by atoms with E-state index in [9.17, 15) is 4.79 Å². The number of carbonyl (C=O) groups is 1. The molecular weight excluding hydrogens is 272 g/mol. The first kappa shape index (κ1) is 13.0. The average Bonchev–Trinajstić information content (AvgIpc) is 2.70. The van der Waals surface area contributed by atoms with Gasteiger partial charge >= 0.3 is 5.97 Å². The van der Waals surface area contributed by atoms with Gasteiger partial charge in [0, 0.05) is 17.7 Å². The summed E-state index contributed by atoms with van der Waals surface area (Å²) in [6, 6.07) is 7.48. The molecule has 1 aromatic carbocycles. The van der Waals surface area contributed by atoms with Gasteiger partial charge in [-0.05, 0) is 12.1 Å². The number of aromatic carboxylic acids is 1. The highest BCUT2D eigenvalue weighted by molar-refractivity contribution is 7.98. The van der Waals surface area contributed by atoms with E-state index in [2.05, 4.69) is 5.10 Å². The number of carboxylic acid groups (broad SMARTS) is 1. The first-order valence-electron chi connectivity index (χ1n) is 5.21. The fraction of sp³-hybridized carbons (Fsp3) is 0.167. The van der Waals surface area contributed by atoms with E-state index in [1.807, 2.05) is 24.3 Å². The third kappa shape index (κ3) is 2.68. The van der Waals surface area contributed by atoms with Crippen molar-refractivity contribution in [2.24, 2.45) is 7.05 Å². The number of benzene rings is 1. The van der Waals surface area contributed by atoms with Crippen molar-refractivity contribution < 1.29 is 9.90 Å². The van der Waals surface area contributed by atoms with Crippen LogP contribution >= 0.6 is 23.4 Å². The molecular formula is C12H11ClN2O2S. The number of rotatable bonds is 4. The van der Waals surface area contributed by atoms with Crippen LogP contribution < -0.4 is 0 Å². The topological polar surface area (TPSA) is 55.1 Å². The van der Waals surface area contributed by atoms with E-state index in [1.165, 1.54) is 18.0 Å². The first-order valence-corrected chi connectivity index (χ1v) is 6.57. The molecule has 0 fully saturated rings. The molecule has 0 aliphatic heterocycles. The molecule has 6 heteroatoms. The standard InChI is InChI=1S/C12H11ClN2O2S/c1-15-10(8(6-14-15)12(16)17)7-18-11-5-3-2-4-9(11)13/h2-6H,7H2,1H3,(H,16,17). The van der Waals surface area contributed by atoms with Crippen molar-refractivity contribution in [3.05, 3.63) is 46.7 Å². The molecule has 4 nitrogen and oxygen atoms in total. The Kier molecular flexibility index (Phi) is 3.93. The molecule has 1 N–H and O–H groups in total. The van der Waals surface area contributed by atoms with Gasteiger partial charge in [0.25, 0.3) is 0 Å². The summed E-state index contributed by atoms with van der Waals surface area (Å²) in [5.74, 6) is -0.445. The number of aromatic nitrogens is 2. The number of hydrogen-bond acceptors (Lipinski definition) is 3. The molecule has 0 amide bonds. The second-order valence-electron chi connectivity index (χ2n) is 3.65. The Balaban J connectivity index is 2.18. The summed E-state index contributed by atoms with van der Waals surface area (Å²) in [6.07, 6.45) is 1.37. The Labute approximate surface area is 114 Å². The van der Waals surface area contributed by atoms with E-state index < -0.39 is 5.97 Å². The molecule has 0 aliphatic carbocycles. The van der Waals surface area contributed by atoms with E-state index >= 15 is 0 Å². The van der Waals surface area contributed by atoms with Gasteiger partial charge in [-0.15, -0.1) is 11.8 Å². The predicted molar refractivity (Wildman–Crippen MR) is 71.2 cm³/mol. The molecule has 94 valence electrons. The minimum Gasteiger partial charge on any atom is -0.478 e. The van der Waals surface area contributed by atoms with Crippen LogP contribution in [0.4, 0.5) is 0 Å². The van der Waals surface area contributed by atoms with Crippen molar-refractivity contribution >= 4 is 29.3 Å². The van der Waals surface area contributed by atoms with Gasteiger partial charge < -0.3 is 5.11 Å². The molecule has 0 aliphatic rings. The smallest absolute Gasteiger partial charge is 0.339 e. The molecule has 0 unspecified atom stereocenters. The van der Waals surface area contributed by atoms with Gasteiger partial charge in [-0.25, -0.2) is 4.79 Å². The summed E-state index contributed by atoms with van der Waals surface area (Å²) >= 11 is 7.54. The van der Waals surface area contributed by atoms with Crippen LogP contribution in [0.5, 0.6) is 0 Å². The zero-order valence-electron chi connectivity index (χ0n) is 9.63. The number of hydrogen-bond donors (Lipinski definition) is 1. The third-order valence-electron chi connectivity index (χ3n) is 2.49. The lowest BCUT2D eigenvalue weighted by Gasteiger charge is -2.05. The zero-order valence-corrected chi connectivity index (χ0v) is 11.2. The van der Waals surface area contributed by atoms with Gasteiger partial charge in [-0.1, -0.05) is 23.7 Å². The van der Waals surface area contributed by atoms with Gasteiger partial charge in [0.1, 0.15) is 5.56 Å². The Bertz CT molecular complexity index is 583. The van der Waals surface area contributed by atoms with Crippen molar-refractivity contribution in [3.8, 4) is 0 Å². The Morgan fingerprint density at radius 2 is 2.22 bits per heavy atom. The maximum absolute atomic E-state index is 11.0. The fourth-order valence-electron chi connectivity index (χ4n) is 1.52. The van der Waals surface area contributed by atoms with Crippen molar-refractivity contribution in [2.75, 3.05) is 0 Å². The normalized spacial score (nSPS) is 10.6. The molecule has 1 heterocycles. The molecule has 0 bridgehead atoms. The Morgan fingerprint density at radius 1 is 1.50 bits per heavy atom. The number of thioether (sulfide) groups is 1. The van der Waals surface area contributed by atoms with Crippen molar-refractivity contribution in [1.29, 1.82) is 0 Å². The van der Waals surface area contributed by atoms with Crippen molar-refractivity contribution in [1.82, 2.24) is 9.78 Å². The van der Waals surface area contributed by atoms with Crippen molar-refractivity contribution in [2.45, 2.75) is 10.6 Å². The third-order valence-corrected chi connectivity index (χ3v) is 4.02. The van der Waals surface area contributed by atoms with E-state index in [1.54, 1.807) is 11.7 Å². The van der Waals surface area contributed by atoms with Gasteiger partial charge in [-0.2, -0.15) is 5.10 Å². The Morgan fingerprint density at radius 3 is 2.89 bits per heavy atom. The Hall–Kier alpha value is -1.46. The number of nitrogens with zero attached hydrogens (tertiary/aromatic N) is 2. The SMILES string of the molecule is Cn1ncc(C(=O)O)c1CSc1ccccc1Cl. The zero-order chi connectivity index (χ0) is 13.1. The summed E-state index contributed by atoms with van der Waals surface area (Å²) in [5.41, 5.74) is 0.907. The fourth-order valence-corrected chi connectivity index (χ4v) is 2.84. The monoisotopic (exact) mass is 282 g/mol. The van der Waals surface area contributed by atoms with Crippen molar-refractivity contribution in [3.63, 3.8) is 0 Å². The maximum atomic E-state index is 11.0. The van der Waals surface area contributed by atoms with Crippen LogP contribution in [0.2, 0.25) is 5.02 Å². The highest BCUT2D eigenvalue weighted by Crippen LogP contribution is 2.30. The number of carboxylic acids is 1. The molecule has 0 saturated heterocycles. The summed E-state index contributed by atoms with van der Waals surface area (Å²) in [5, 5.41) is 13.7. The average molecular weight is 283 g/mol. The molecule has 18 heavy (non-hydrogen) atoms.